The third-order valence-electron chi connectivity index (χ3n) is 5.75. The molecule has 1 saturated heterocycles. The van der Waals surface area contributed by atoms with Gasteiger partial charge >= 0.3 is 0 Å². The minimum atomic E-state index is 0.542. The molecule has 92 valence electrons. The molecule has 0 amide bonds. The number of rotatable bonds is 2. The number of piperidine rings is 1. The summed E-state index contributed by atoms with van der Waals surface area (Å²) in [5.74, 6) is 1.77. The molecule has 0 aromatic heterocycles. The van der Waals surface area contributed by atoms with Crippen LogP contribution in [0.25, 0.3) is 0 Å². The van der Waals surface area contributed by atoms with Crippen molar-refractivity contribution in [1.82, 2.24) is 4.90 Å². The highest BCUT2D eigenvalue weighted by molar-refractivity contribution is 5.09. The average molecular weight is 223 g/mol. The van der Waals surface area contributed by atoms with E-state index in [1.165, 1.54) is 38.8 Å². The Morgan fingerprint density at radius 1 is 1.31 bits per heavy atom. The minimum absolute atomic E-state index is 0.542. The number of hydrogen-bond donors (Lipinski definition) is 0. The molecule has 0 spiro atoms. The van der Waals surface area contributed by atoms with Crippen LogP contribution in [0.2, 0.25) is 0 Å². The molecule has 2 heteroatoms. The SMILES string of the molecule is CCN1C[C@]2(C)CC[C@H](OC)[C@@H]3[C@H]1CC[C@@H]32. The molecular formula is C14H25NO. The molecule has 1 heterocycles. The van der Waals surface area contributed by atoms with Crippen molar-refractivity contribution in [2.45, 2.75) is 51.7 Å². The van der Waals surface area contributed by atoms with Gasteiger partial charge in [-0.15, -0.1) is 0 Å². The second-order valence-corrected chi connectivity index (χ2v) is 6.36. The van der Waals surface area contributed by atoms with Crippen molar-refractivity contribution in [2.75, 3.05) is 20.2 Å². The summed E-state index contributed by atoms with van der Waals surface area (Å²) in [5, 5.41) is 0. The van der Waals surface area contributed by atoms with E-state index in [-0.39, 0.29) is 0 Å². The Bertz CT molecular complexity index is 280. The number of hydrogen-bond acceptors (Lipinski definition) is 2. The van der Waals surface area contributed by atoms with Crippen molar-refractivity contribution in [3.8, 4) is 0 Å². The third kappa shape index (κ3) is 1.32. The normalized spacial score (nSPS) is 51.9. The smallest absolute Gasteiger partial charge is 0.0617 e. The van der Waals surface area contributed by atoms with Gasteiger partial charge in [0.1, 0.15) is 0 Å². The van der Waals surface area contributed by atoms with Crippen LogP contribution in [0, 0.1) is 17.3 Å². The highest BCUT2D eigenvalue weighted by atomic mass is 16.5. The summed E-state index contributed by atoms with van der Waals surface area (Å²) in [4.78, 5) is 2.74. The molecule has 0 radical (unpaired) electrons. The van der Waals surface area contributed by atoms with E-state index in [4.69, 9.17) is 4.74 Å². The summed E-state index contributed by atoms with van der Waals surface area (Å²) < 4.78 is 5.77. The van der Waals surface area contributed by atoms with E-state index in [9.17, 15) is 0 Å². The van der Waals surface area contributed by atoms with Crippen LogP contribution in [0.1, 0.15) is 39.5 Å². The predicted molar refractivity (Wildman–Crippen MR) is 65.4 cm³/mol. The van der Waals surface area contributed by atoms with Crippen molar-refractivity contribution in [2.24, 2.45) is 17.3 Å². The molecule has 0 unspecified atom stereocenters. The van der Waals surface area contributed by atoms with Crippen molar-refractivity contribution in [3.05, 3.63) is 0 Å². The first kappa shape index (κ1) is 11.0. The lowest BCUT2D eigenvalue weighted by molar-refractivity contribution is -0.117. The van der Waals surface area contributed by atoms with Crippen LogP contribution in [0.3, 0.4) is 0 Å². The molecule has 4 bridgehead atoms. The van der Waals surface area contributed by atoms with Gasteiger partial charge in [0.2, 0.25) is 0 Å². The summed E-state index contributed by atoms with van der Waals surface area (Å²) in [6, 6.07) is 0.827. The lowest BCUT2D eigenvalue weighted by Crippen LogP contribution is -2.59. The van der Waals surface area contributed by atoms with Crippen molar-refractivity contribution in [3.63, 3.8) is 0 Å². The first-order valence-corrected chi connectivity index (χ1v) is 6.96. The fraction of sp³-hybridized carbons (Fsp3) is 1.00. The molecule has 16 heavy (non-hydrogen) atoms. The highest BCUT2D eigenvalue weighted by Crippen LogP contribution is 2.57. The third-order valence-corrected chi connectivity index (χ3v) is 5.75. The maximum absolute atomic E-state index is 5.77. The Morgan fingerprint density at radius 2 is 2.12 bits per heavy atom. The Balaban J connectivity index is 1.94. The molecule has 2 saturated carbocycles. The standard InChI is InChI=1S/C14H25NO/c1-4-15-9-14(2)8-7-12(16-3)13-10(14)5-6-11(13)15/h10-13H,4-9H2,1-3H3/t10-,11+,12-,13-,14-/m0/s1. The van der Waals surface area contributed by atoms with E-state index >= 15 is 0 Å². The van der Waals surface area contributed by atoms with Crippen LogP contribution in [-0.2, 0) is 4.74 Å². The second-order valence-electron chi connectivity index (χ2n) is 6.36. The van der Waals surface area contributed by atoms with Gasteiger partial charge in [-0.05, 0) is 43.6 Å². The van der Waals surface area contributed by atoms with E-state index in [0.29, 0.717) is 11.5 Å². The molecule has 3 rings (SSSR count). The molecule has 5 atom stereocenters. The first-order chi connectivity index (χ1) is 7.69. The van der Waals surface area contributed by atoms with Crippen LogP contribution in [0.4, 0.5) is 0 Å². The fourth-order valence-corrected chi connectivity index (χ4v) is 5.00. The molecular weight excluding hydrogens is 198 g/mol. The van der Waals surface area contributed by atoms with Gasteiger partial charge in [0, 0.05) is 25.6 Å². The predicted octanol–water partition coefficient (Wildman–Crippen LogP) is 2.53. The van der Waals surface area contributed by atoms with Crippen molar-refractivity contribution < 1.29 is 4.74 Å². The van der Waals surface area contributed by atoms with Gasteiger partial charge in [-0.2, -0.15) is 0 Å². The molecule has 3 aliphatic rings. The summed E-state index contributed by atoms with van der Waals surface area (Å²) in [6.45, 7) is 7.41. The summed E-state index contributed by atoms with van der Waals surface area (Å²) in [5.41, 5.74) is 0.586. The number of nitrogens with zero attached hydrogens (tertiary/aromatic N) is 1. The molecule has 0 aromatic rings. The zero-order valence-corrected chi connectivity index (χ0v) is 10.9. The highest BCUT2D eigenvalue weighted by Gasteiger charge is 2.58. The quantitative estimate of drug-likeness (QED) is 0.713. The maximum atomic E-state index is 5.77. The lowest BCUT2D eigenvalue weighted by Gasteiger charge is -2.55. The van der Waals surface area contributed by atoms with Crippen LogP contribution >= 0.6 is 0 Å². The van der Waals surface area contributed by atoms with Crippen LogP contribution in [0.5, 0.6) is 0 Å². The van der Waals surface area contributed by atoms with Crippen molar-refractivity contribution in [1.29, 1.82) is 0 Å². The molecule has 0 aromatic carbocycles. The van der Waals surface area contributed by atoms with E-state index in [2.05, 4.69) is 18.7 Å². The van der Waals surface area contributed by atoms with Crippen LogP contribution in [0.15, 0.2) is 0 Å². The van der Waals surface area contributed by atoms with E-state index < -0.39 is 0 Å². The molecule has 0 N–H and O–H groups in total. The van der Waals surface area contributed by atoms with Gasteiger partial charge in [-0.1, -0.05) is 13.8 Å². The zero-order valence-electron chi connectivity index (χ0n) is 10.9. The van der Waals surface area contributed by atoms with Gasteiger partial charge in [0.15, 0.2) is 0 Å². The van der Waals surface area contributed by atoms with Crippen LogP contribution < -0.4 is 0 Å². The Labute approximate surface area is 99.3 Å². The van der Waals surface area contributed by atoms with Gasteiger partial charge < -0.3 is 4.74 Å². The average Bonchev–Trinajstić information content (AvgIpc) is 2.65. The van der Waals surface area contributed by atoms with Gasteiger partial charge in [-0.25, -0.2) is 0 Å². The summed E-state index contributed by atoms with van der Waals surface area (Å²) in [7, 11) is 1.91. The Hall–Kier alpha value is -0.0800. The summed E-state index contributed by atoms with van der Waals surface area (Å²) >= 11 is 0. The Kier molecular flexibility index (Phi) is 2.56. The Morgan fingerprint density at radius 3 is 2.81 bits per heavy atom. The van der Waals surface area contributed by atoms with E-state index in [0.717, 1.165) is 17.9 Å². The van der Waals surface area contributed by atoms with E-state index in [1.807, 2.05) is 7.11 Å². The zero-order chi connectivity index (χ0) is 11.3. The largest absolute Gasteiger partial charge is 0.381 e. The molecule has 2 nitrogen and oxygen atoms in total. The number of likely N-dealkylation sites (tertiary alicyclic amines) is 1. The number of methoxy groups -OCH3 is 1. The fourth-order valence-electron chi connectivity index (χ4n) is 5.00. The molecule has 2 aliphatic carbocycles. The molecule has 1 aliphatic heterocycles. The monoisotopic (exact) mass is 223 g/mol. The van der Waals surface area contributed by atoms with Crippen LogP contribution in [-0.4, -0.2) is 37.2 Å². The topological polar surface area (TPSA) is 12.5 Å². The minimum Gasteiger partial charge on any atom is -0.381 e. The van der Waals surface area contributed by atoms with Gasteiger partial charge in [0.05, 0.1) is 6.10 Å². The molecule has 3 fully saturated rings. The van der Waals surface area contributed by atoms with E-state index in [1.54, 1.807) is 0 Å². The number of ether oxygens (including phenoxy) is 1. The summed E-state index contributed by atoms with van der Waals surface area (Å²) in [6.07, 6.45) is 6.07. The lowest BCUT2D eigenvalue weighted by atomic mass is 9.59. The maximum Gasteiger partial charge on any atom is 0.0617 e. The van der Waals surface area contributed by atoms with Gasteiger partial charge in [-0.3, -0.25) is 4.90 Å². The van der Waals surface area contributed by atoms with Crippen molar-refractivity contribution >= 4 is 0 Å². The van der Waals surface area contributed by atoms with Gasteiger partial charge in [0.25, 0.3) is 0 Å². The first-order valence-electron chi connectivity index (χ1n) is 6.96. The second kappa shape index (κ2) is 3.71.